The molecular weight excluding hydrogens is 695 g/mol. The molecule has 2 aliphatic carbocycles. The molecule has 1 heterocycles. The van der Waals surface area contributed by atoms with Crippen molar-refractivity contribution in [1.82, 2.24) is 4.98 Å². The Morgan fingerprint density at radius 3 is 2.10 bits per heavy atom. The van der Waals surface area contributed by atoms with Crippen LogP contribution in [0.1, 0.15) is 76.3 Å². The van der Waals surface area contributed by atoms with Gasteiger partial charge in [0, 0.05) is 44.2 Å². The molecule has 3 aromatic carbocycles. The summed E-state index contributed by atoms with van der Waals surface area (Å²) < 4.78 is 0. The van der Waals surface area contributed by atoms with Crippen molar-refractivity contribution >= 4 is 16.6 Å². The molecule has 42 heavy (non-hydrogen) atoms. The molecule has 0 bridgehead atoms. The van der Waals surface area contributed by atoms with E-state index < -0.39 is 0 Å². The maximum Gasteiger partial charge on any atom is 0.161 e. The summed E-state index contributed by atoms with van der Waals surface area (Å²) in [4.78, 5) is 16.0. The first kappa shape index (κ1) is 31.9. The minimum Gasteiger partial charge on any atom is -0.512 e. The number of rotatable bonds is 4. The van der Waals surface area contributed by atoms with Crippen LogP contribution in [-0.2, 0) is 56.0 Å². The number of nitrogens with zero attached hydrogens (tertiary/aromatic N) is 1. The summed E-state index contributed by atoms with van der Waals surface area (Å²) in [6.45, 7) is 14.1. The van der Waals surface area contributed by atoms with Crippen molar-refractivity contribution in [3.8, 4) is 22.4 Å². The van der Waals surface area contributed by atoms with Gasteiger partial charge in [-0.1, -0.05) is 102 Å². The van der Waals surface area contributed by atoms with Gasteiger partial charge in [-0.2, -0.15) is 0 Å². The van der Waals surface area contributed by atoms with Crippen molar-refractivity contribution in [3.05, 3.63) is 100 Å². The van der Waals surface area contributed by atoms with Crippen LogP contribution in [0, 0.1) is 17.9 Å². The number of benzene rings is 3. The number of carbonyl (C=O) groups excluding carboxylic acids is 1. The predicted molar refractivity (Wildman–Crippen MR) is 170 cm³/mol. The summed E-state index contributed by atoms with van der Waals surface area (Å²) in [5.74, 6) is 0.161. The summed E-state index contributed by atoms with van der Waals surface area (Å²) >= 11 is 0. The van der Waals surface area contributed by atoms with E-state index in [0.29, 0.717) is 0 Å². The van der Waals surface area contributed by atoms with Gasteiger partial charge in [0.2, 0.25) is 0 Å². The fraction of sp³-hybridized carbons (Fsp3) is 0.368. The summed E-state index contributed by atoms with van der Waals surface area (Å²) in [5.41, 5.74) is 12.5. The number of aliphatic hydroxyl groups excluding tert-OH is 1. The van der Waals surface area contributed by atoms with Crippen molar-refractivity contribution < 1.29 is 30.0 Å². The summed E-state index contributed by atoms with van der Waals surface area (Å²) in [6.07, 6.45) is 7.84. The van der Waals surface area contributed by atoms with Gasteiger partial charge in [0.25, 0.3) is 0 Å². The van der Waals surface area contributed by atoms with Crippen LogP contribution in [0.25, 0.3) is 33.2 Å². The zero-order chi connectivity index (χ0) is 29.5. The van der Waals surface area contributed by atoms with Gasteiger partial charge >= 0.3 is 0 Å². The zero-order valence-electron chi connectivity index (χ0n) is 25.9. The average molecular weight is 737 g/mol. The summed E-state index contributed by atoms with van der Waals surface area (Å²) in [5, 5.41) is 11.7. The molecule has 3 nitrogen and oxygen atoms in total. The minimum absolute atomic E-state index is 0. The molecule has 221 valence electrons. The molecule has 2 aliphatic rings. The number of fused-ring (bicyclic) bond motifs is 1. The fourth-order valence-electron chi connectivity index (χ4n) is 5.93. The third-order valence-corrected chi connectivity index (χ3v) is 8.33. The van der Waals surface area contributed by atoms with Crippen molar-refractivity contribution in [2.45, 2.75) is 79.6 Å². The number of carbonyl (C=O) groups is 1. The monoisotopic (exact) mass is 737 g/mol. The van der Waals surface area contributed by atoms with Crippen LogP contribution in [0.5, 0.6) is 0 Å². The normalized spacial score (nSPS) is 13.8. The molecule has 0 saturated heterocycles. The van der Waals surface area contributed by atoms with Gasteiger partial charge in [-0.3, -0.25) is 4.79 Å². The Balaban J connectivity index is 0.000000292. The second kappa shape index (κ2) is 12.7. The van der Waals surface area contributed by atoms with Gasteiger partial charge in [0.15, 0.2) is 5.78 Å². The smallest absolute Gasteiger partial charge is 0.161 e. The molecule has 1 aromatic heterocycles. The maximum absolute atomic E-state index is 11.0. The minimum atomic E-state index is -0.0316. The Kier molecular flexibility index (Phi) is 9.60. The first-order valence-electron chi connectivity index (χ1n) is 15.0. The number of ketones is 1. The molecule has 6 rings (SSSR count). The third kappa shape index (κ3) is 6.31. The molecule has 0 fully saturated rings. The van der Waals surface area contributed by atoms with E-state index in [9.17, 15) is 9.90 Å². The average Bonchev–Trinajstić information content (AvgIpc) is 2.94. The Labute approximate surface area is 264 Å². The largest absolute Gasteiger partial charge is 0.512 e. The molecular formula is C38H42IrNO2-. The van der Waals surface area contributed by atoms with E-state index >= 15 is 0 Å². The van der Waals surface area contributed by atoms with Gasteiger partial charge in [-0.25, -0.2) is 0 Å². The third-order valence-electron chi connectivity index (χ3n) is 8.33. The SMILES string of the molecule is CC(C)(C)c1cnc(-c2[c-]c3c4c(c2)CCc2cccc(c2-4)CC3)c2ccccc12.CC(C)C(=O)/C=C(\O)C(C)C.[Ir]. The van der Waals surface area contributed by atoms with Gasteiger partial charge in [-0.05, 0) is 64.3 Å². The molecule has 0 atom stereocenters. The van der Waals surface area contributed by atoms with Gasteiger partial charge in [0.1, 0.15) is 0 Å². The Hall–Kier alpha value is -3.07. The molecule has 0 aliphatic heterocycles. The van der Waals surface area contributed by atoms with Gasteiger partial charge < -0.3 is 10.1 Å². The van der Waals surface area contributed by atoms with E-state index in [2.05, 4.69) is 81.6 Å². The van der Waals surface area contributed by atoms with Crippen LogP contribution in [0.2, 0.25) is 0 Å². The molecule has 1 radical (unpaired) electrons. The van der Waals surface area contributed by atoms with Crippen molar-refractivity contribution in [1.29, 1.82) is 0 Å². The van der Waals surface area contributed by atoms with Crippen LogP contribution in [-0.4, -0.2) is 15.9 Å². The van der Waals surface area contributed by atoms with E-state index in [0.717, 1.165) is 36.9 Å². The maximum atomic E-state index is 11.0. The second-order valence-electron chi connectivity index (χ2n) is 13.1. The number of aromatic nitrogens is 1. The Bertz CT molecular complexity index is 1610. The number of hydrogen-bond acceptors (Lipinski definition) is 3. The first-order valence-corrected chi connectivity index (χ1v) is 15.0. The second-order valence-corrected chi connectivity index (χ2v) is 13.1. The topological polar surface area (TPSA) is 50.2 Å². The van der Waals surface area contributed by atoms with Crippen LogP contribution in [0.3, 0.4) is 0 Å². The molecule has 0 spiro atoms. The van der Waals surface area contributed by atoms with Crippen molar-refractivity contribution in [2.24, 2.45) is 11.8 Å². The van der Waals surface area contributed by atoms with Crippen LogP contribution in [0.4, 0.5) is 0 Å². The number of aliphatic hydroxyl groups is 1. The summed E-state index contributed by atoms with van der Waals surface area (Å²) in [7, 11) is 0. The number of aryl methyl sites for hydroxylation is 4. The quantitative estimate of drug-likeness (QED) is 0.129. The zero-order valence-corrected chi connectivity index (χ0v) is 28.3. The van der Waals surface area contributed by atoms with E-state index in [1.807, 2.05) is 27.7 Å². The van der Waals surface area contributed by atoms with E-state index in [4.69, 9.17) is 4.98 Å². The van der Waals surface area contributed by atoms with Crippen LogP contribution < -0.4 is 0 Å². The molecule has 0 saturated carbocycles. The number of hydrogen-bond donors (Lipinski definition) is 1. The molecule has 1 N–H and O–H groups in total. The van der Waals surface area contributed by atoms with E-state index in [1.165, 1.54) is 55.8 Å². The Morgan fingerprint density at radius 1 is 0.857 bits per heavy atom. The van der Waals surface area contributed by atoms with E-state index in [-0.39, 0.29) is 48.9 Å². The van der Waals surface area contributed by atoms with Gasteiger partial charge in [-0.15, -0.1) is 28.8 Å². The first-order chi connectivity index (χ1) is 19.5. The Morgan fingerprint density at radius 2 is 1.48 bits per heavy atom. The number of pyridine rings is 1. The molecule has 4 aromatic rings. The van der Waals surface area contributed by atoms with Crippen LogP contribution in [0.15, 0.2) is 66.6 Å². The van der Waals surface area contributed by atoms with E-state index in [1.54, 1.807) is 0 Å². The standard InChI is InChI=1S/C29H26N.C9H16O2.Ir/c1-29(2,3)25-17-30-28(24-10-5-4-9-23(24)25)22-15-20-13-11-18-7-6-8-19-12-14-21(16-22)27(20)26(18)19;1-6(2)8(10)5-9(11)7(3)4;/h4-10,15,17H,11-14H2,1-3H3;5-7,10H,1-4H3;/q-1;;/b;8-5-;. The predicted octanol–water partition coefficient (Wildman–Crippen LogP) is 9.17. The molecule has 0 unspecified atom stereocenters. The molecule has 4 heteroatoms. The van der Waals surface area contributed by atoms with Gasteiger partial charge in [0.05, 0.1) is 5.76 Å². The summed E-state index contributed by atoms with van der Waals surface area (Å²) in [6, 6.07) is 21.8. The van der Waals surface area contributed by atoms with Crippen LogP contribution >= 0.6 is 0 Å². The fourth-order valence-corrected chi connectivity index (χ4v) is 5.93. The molecule has 0 amide bonds. The van der Waals surface area contributed by atoms with Crippen molar-refractivity contribution in [3.63, 3.8) is 0 Å². The number of allylic oxidation sites excluding steroid dienone is 2. The van der Waals surface area contributed by atoms with Crippen molar-refractivity contribution in [2.75, 3.05) is 0 Å².